The maximum atomic E-state index is 14.2. The fraction of sp³-hybridized carbons (Fsp3) is 0.316. The molecule has 0 saturated carbocycles. The van der Waals surface area contributed by atoms with Gasteiger partial charge in [-0.2, -0.15) is 0 Å². The van der Waals surface area contributed by atoms with Crippen molar-refractivity contribution in [2.24, 2.45) is 0 Å². The van der Waals surface area contributed by atoms with Crippen molar-refractivity contribution in [3.8, 4) is 11.5 Å². The number of hydrogen-bond acceptors (Lipinski definition) is 3. The first-order chi connectivity index (χ1) is 11.6. The van der Waals surface area contributed by atoms with Gasteiger partial charge in [-0.05, 0) is 56.8 Å². The van der Waals surface area contributed by atoms with Crippen molar-refractivity contribution in [1.29, 1.82) is 0 Å². The summed E-state index contributed by atoms with van der Waals surface area (Å²) >= 11 is 0. The van der Waals surface area contributed by atoms with Gasteiger partial charge < -0.3 is 15.4 Å². The molecule has 1 amide bonds. The topological polar surface area (TPSA) is 50.4 Å². The van der Waals surface area contributed by atoms with E-state index in [2.05, 4.69) is 10.6 Å². The third-order valence-corrected chi connectivity index (χ3v) is 3.64. The van der Waals surface area contributed by atoms with Crippen molar-refractivity contribution in [2.75, 3.05) is 13.6 Å². The standard InChI is InChI=1S/C19H23FN2O2.ClH/c1-14(22-19(23)9-6-12-21-2)15-10-11-18(17(20)13-15)24-16-7-4-3-5-8-16;/h3-5,7-8,10-11,13-14,21H,6,9,12H2,1-2H3,(H,22,23);1H. The quantitative estimate of drug-likeness (QED) is 0.688. The molecule has 25 heavy (non-hydrogen) atoms. The Balaban J connectivity index is 0.00000312. The van der Waals surface area contributed by atoms with Crippen LogP contribution >= 0.6 is 12.4 Å². The van der Waals surface area contributed by atoms with E-state index in [4.69, 9.17) is 4.74 Å². The van der Waals surface area contributed by atoms with E-state index in [9.17, 15) is 9.18 Å². The predicted molar refractivity (Wildman–Crippen MR) is 99.9 cm³/mol. The number of ether oxygens (including phenoxy) is 1. The summed E-state index contributed by atoms with van der Waals surface area (Å²) in [5, 5.41) is 5.88. The average molecular weight is 367 g/mol. The Bertz CT molecular complexity index is 668. The molecule has 4 nitrogen and oxygen atoms in total. The van der Waals surface area contributed by atoms with Gasteiger partial charge in [0, 0.05) is 6.42 Å². The van der Waals surface area contributed by atoms with Crippen LogP contribution in [-0.2, 0) is 4.79 Å². The largest absolute Gasteiger partial charge is 0.454 e. The minimum Gasteiger partial charge on any atom is -0.454 e. The zero-order valence-electron chi connectivity index (χ0n) is 14.4. The number of nitrogens with one attached hydrogen (secondary N) is 2. The molecule has 6 heteroatoms. The number of benzene rings is 2. The van der Waals surface area contributed by atoms with Gasteiger partial charge in [-0.15, -0.1) is 12.4 Å². The van der Waals surface area contributed by atoms with Crippen LogP contribution in [0, 0.1) is 5.82 Å². The number of amides is 1. The summed E-state index contributed by atoms with van der Waals surface area (Å²) in [6.45, 7) is 2.63. The third-order valence-electron chi connectivity index (χ3n) is 3.64. The molecular weight excluding hydrogens is 343 g/mol. The summed E-state index contributed by atoms with van der Waals surface area (Å²) in [6.07, 6.45) is 1.22. The maximum absolute atomic E-state index is 14.2. The minimum atomic E-state index is -0.451. The number of carbonyl (C=O) groups is 1. The first kappa shape index (κ1) is 20.9. The van der Waals surface area contributed by atoms with Crippen LogP contribution in [0.5, 0.6) is 11.5 Å². The smallest absolute Gasteiger partial charge is 0.220 e. The Labute approximate surface area is 154 Å². The monoisotopic (exact) mass is 366 g/mol. The molecule has 1 unspecified atom stereocenters. The van der Waals surface area contributed by atoms with Crippen LogP contribution in [0.3, 0.4) is 0 Å². The second-order valence-electron chi connectivity index (χ2n) is 5.60. The number of halogens is 2. The molecule has 2 rings (SSSR count). The molecule has 2 N–H and O–H groups in total. The molecule has 0 fully saturated rings. The molecule has 136 valence electrons. The summed E-state index contributed by atoms with van der Waals surface area (Å²) in [4.78, 5) is 11.8. The summed E-state index contributed by atoms with van der Waals surface area (Å²) in [7, 11) is 1.85. The molecule has 0 aromatic heterocycles. The zero-order valence-corrected chi connectivity index (χ0v) is 15.2. The van der Waals surface area contributed by atoms with Gasteiger partial charge in [0.25, 0.3) is 0 Å². The molecule has 0 aliphatic carbocycles. The number of carbonyl (C=O) groups excluding carboxylic acids is 1. The fourth-order valence-electron chi connectivity index (χ4n) is 2.31. The highest BCUT2D eigenvalue weighted by Gasteiger charge is 2.13. The van der Waals surface area contributed by atoms with Gasteiger partial charge in [0.2, 0.25) is 5.91 Å². The van der Waals surface area contributed by atoms with Gasteiger partial charge in [-0.25, -0.2) is 4.39 Å². The van der Waals surface area contributed by atoms with Crippen molar-refractivity contribution in [1.82, 2.24) is 10.6 Å². The minimum absolute atomic E-state index is 0. The van der Waals surface area contributed by atoms with Crippen LogP contribution < -0.4 is 15.4 Å². The van der Waals surface area contributed by atoms with Gasteiger partial charge in [0.05, 0.1) is 6.04 Å². The molecule has 1 atom stereocenters. The number of rotatable bonds is 8. The van der Waals surface area contributed by atoms with Crippen molar-refractivity contribution in [3.63, 3.8) is 0 Å². The molecule has 0 aliphatic heterocycles. The normalized spacial score (nSPS) is 11.3. The molecule has 2 aromatic carbocycles. The van der Waals surface area contributed by atoms with Crippen molar-refractivity contribution >= 4 is 18.3 Å². The first-order valence-electron chi connectivity index (χ1n) is 8.06. The molecule has 0 spiro atoms. The van der Waals surface area contributed by atoms with Crippen LogP contribution in [0.4, 0.5) is 4.39 Å². The van der Waals surface area contributed by atoms with Crippen LogP contribution in [-0.4, -0.2) is 19.5 Å². The van der Waals surface area contributed by atoms with E-state index in [0.29, 0.717) is 17.7 Å². The van der Waals surface area contributed by atoms with Gasteiger partial charge in [-0.3, -0.25) is 4.79 Å². The summed E-state index contributed by atoms with van der Waals surface area (Å²) in [5.41, 5.74) is 0.704. The lowest BCUT2D eigenvalue weighted by atomic mass is 10.1. The van der Waals surface area contributed by atoms with Gasteiger partial charge >= 0.3 is 0 Å². The maximum Gasteiger partial charge on any atom is 0.220 e. The Morgan fingerprint density at radius 3 is 2.56 bits per heavy atom. The van der Waals surface area contributed by atoms with Crippen LogP contribution in [0.1, 0.15) is 31.4 Å². The molecule has 2 aromatic rings. The second-order valence-corrected chi connectivity index (χ2v) is 5.60. The third kappa shape index (κ3) is 6.72. The molecule has 0 saturated heterocycles. The Hall–Kier alpha value is -2.11. The van der Waals surface area contributed by atoms with E-state index in [1.165, 1.54) is 6.07 Å². The first-order valence-corrected chi connectivity index (χ1v) is 8.06. The van der Waals surface area contributed by atoms with E-state index < -0.39 is 5.82 Å². The van der Waals surface area contributed by atoms with Gasteiger partial charge in [-0.1, -0.05) is 24.3 Å². The lowest BCUT2D eigenvalue weighted by Crippen LogP contribution is -2.27. The highest BCUT2D eigenvalue weighted by atomic mass is 35.5. The van der Waals surface area contributed by atoms with Gasteiger partial charge in [0.1, 0.15) is 5.75 Å². The molecule has 0 radical (unpaired) electrons. The summed E-state index contributed by atoms with van der Waals surface area (Å²) in [5.74, 6) is 0.253. The van der Waals surface area contributed by atoms with E-state index in [1.54, 1.807) is 24.3 Å². The van der Waals surface area contributed by atoms with Crippen molar-refractivity contribution in [2.45, 2.75) is 25.8 Å². The SMILES string of the molecule is CNCCCC(=O)NC(C)c1ccc(Oc2ccccc2)c(F)c1.Cl. The van der Waals surface area contributed by atoms with Crippen LogP contribution in [0.15, 0.2) is 48.5 Å². The lowest BCUT2D eigenvalue weighted by molar-refractivity contribution is -0.121. The summed E-state index contributed by atoms with van der Waals surface area (Å²) < 4.78 is 19.8. The molecule has 0 bridgehead atoms. The van der Waals surface area contributed by atoms with Crippen molar-refractivity contribution in [3.05, 3.63) is 59.9 Å². The van der Waals surface area contributed by atoms with Crippen LogP contribution in [0.25, 0.3) is 0 Å². The molecule has 0 heterocycles. The van der Waals surface area contributed by atoms with E-state index in [1.807, 2.05) is 32.2 Å². The van der Waals surface area contributed by atoms with E-state index in [-0.39, 0.29) is 30.1 Å². The Kier molecular flexibility index (Phi) is 8.95. The lowest BCUT2D eigenvalue weighted by Gasteiger charge is -2.15. The number of para-hydroxylation sites is 1. The highest BCUT2D eigenvalue weighted by molar-refractivity contribution is 5.85. The van der Waals surface area contributed by atoms with E-state index in [0.717, 1.165) is 13.0 Å². The predicted octanol–water partition coefficient (Wildman–Crippen LogP) is 4.22. The average Bonchev–Trinajstić information content (AvgIpc) is 2.58. The Morgan fingerprint density at radius 2 is 1.92 bits per heavy atom. The fourth-order valence-corrected chi connectivity index (χ4v) is 2.31. The molecular formula is C19H24ClFN2O2. The van der Waals surface area contributed by atoms with Gasteiger partial charge in [0.15, 0.2) is 11.6 Å². The highest BCUT2D eigenvalue weighted by Crippen LogP contribution is 2.26. The zero-order chi connectivity index (χ0) is 17.4. The van der Waals surface area contributed by atoms with E-state index >= 15 is 0 Å². The summed E-state index contributed by atoms with van der Waals surface area (Å²) in [6, 6.07) is 13.5. The van der Waals surface area contributed by atoms with Crippen molar-refractivity contribution < 1.29 is 13.9 Å². The Morgan fingerprint density at radius 1 is 1.20 bits per heavy atom. The molecule has 0 aliphatic rings. The second kappa shape index (κ2) is 10.7. The van der Waals surface area contributed by atoms with Crippen LogP contribution in [0.2, 0.25) is 0 Å². The number of hydrogen-bond donors (Lipinski definition) is 2.